The van der Waals surface area contributed by atoms with E-state index in [-0.39, 0.29) is 10.6 Å². The number of aryl methyl sites for hydroxylation is 1. The van der Waals surface area contributed by atoms with Crippen molar-refractivity contribution in [1.82, 2.24) is 15.3 Å². The van der Waals surface area contributed by atoms with Gasteiger partial charge < -0.3 is 10.3 Å². The molecule has 100 valence electrons. The van der Waals surface area contributed by atoms with E-state index in [0.717, 1.165) is 23.6 Å². The molecular formula is C13H16N4O2. The number of nitrogens with zero attached hydrogens (tertiary/aromatic N) is 2. The predicted octanol–water partition coefficient (Wildman–Crippen LogP) is 2.40. The average Bonchev–Trinajstić information content (AvgIpc) is 2.85. The first kappa shape index (κ1) is 13.2. The zero-order valence-corrected chi connectivity index (χ0v) is 10.9. The minimum atomic E-state index is -0.366. The van der Waals surface area contributed by atoms with E-state index in [4.69, 9.17) is 0 Å². The van der Waals surface area contributed by atoms with Crippen molar-refractivity contribution in [2.24, 2.45) is 0 Å². The van der Waals surface area contributed by atoms with Gasteiger partial charge in [0.2, 0.25) is 0 Å². The second kappa shape index (κ2) is 5.62. The molecule has 0 atom stereocenters. The number of nitro benzene ring substituents is 1. The molecule has 0 fully saturated rings. The van der Waals surface area contributed by atoms with Gasteiger partial charge in [0, 0.05) is 17.2 Å². The van der Waals surface area contributed by atoms with Crippen LogP contribution in [-0.4, -0.2) is 21.4 Å². The summed E-state index contributed by atoms with van der Waals surface area (Å²) in [5.74, 6) is 0.820. The van der Waals surface area contributed by atoms with E-state index in [1.807, 2.05) is 13.0 Å². The smallest absolute Gasteiger partial charge is 0.272 e. The lowest BCUT2D eigenvalue weighted by molar-refractivity contribution is -0.385. The van der Waals surface area contributed by atoms with Gasteiger partial charge in [0.1, 0.15) is 5.82 Å². The van der Waals surface area contributed by atoms with Crippen LogP contribution in [0.25, 0.3) is 11.3 Å². The maximum atomic E-state index is 10.9. The number of rotatable bonds is 5. The summed E-state index contributed by atoms with van der Waals surface area (Å²) < 4.78 is 0. The van der Waals surface area contributed by atoms with E-state index in [9.17, 15) is 10.1 Å². The molecule has 0 bridgehead atoms. The Bertz CT molecular complexity index is 592. The number of hydrogen-bond acceptors (Lipinski definition) is 4. The van der Waals surface area contributed by atoms with E-state index < -0.39 is 0 Å². The Balaban J connectivity index is 2.29. The first-order chi connectivity index (χ1) is 9.11. The first-order valence-corrected chi connectivity index (χ1v) is 6.12. The second-order valence-corrected chi connectivity index (χ2v) is 4.28. The van der Waals surface area contributed by atoms with Crippen molar-refractivity contribution in [3.8, 4) is 11.3 Å². The fourth-order valence-corrected chi connectivity index (χ4v) is 1.82. The van der Waals surface area contributed by atoms with Gasteiger partial charge in [0.05, 0.1) is 23.4 Å². The van der Waals surface area contributed by atoms with Crippen LogP contribution in [0, 0.1) is 17.0 Å². The van der Waals surface area contributed by atoms with Crippen molar-refractivity contribution in [3.63, 3.8) is 0 Å². The lowest BCUT2D eigenvalue weighted by Crippen LogP contribution is -2.12. The summed E-state index contributed by atoms with van der Waals surface area (Å²) in [6, 6.07) is 5.17. The summed E-state index contributed by atoms with van der Waals surface area (Å²) in [5.41, 5.74) is 2.34. The third-order valence-corrected chi connectivity index (χ3v) is 2.89. The highest BCUT2D eigenvalue weighted by Crippen LogP contribution is 2.25. The molecule has 1 aromatic carbocycles. The van der Waals surface area contributed by atoms with Crippen LogP contribution in [0.3, 0.4) is 0 Å². The normalized spacial score (nSPS) is 10.6. The Labute approximate surface area is 111 Å². The standard InChI is InChI=1S/C13H16N4O2/c1-3-14-8-13-15-7-11(16-13)10-5-4-9(2)12(6-10)17(18)19/h4-7,14H,3,8H2,1-2H3,(H,15,16). The van der Waals surface area contributed by atoms with Gasteiger partial charge in [-0.15, -0.1) is 0 Å². The van der Waals surface area contributed by atoms with Gasteiger partial charge >= 0.3 is 0 Å². The third kappa shape index (κ3) is 2.97. The molecule has 19 heavy (non-hydrogen) atoms. The molecule has 0 aliphatic carbocycles. The maximum Gasteiger partial charge on any atom is 0.272 e. The fraction of sp³-hybridized carbons (Fsp3) is 0.308. The Hall–Kier alpha value is -2.21. The van der Waals surface area contributed by atoms with Gasteiger partial charge in [-0.25, -0.2) is 4.98 Å². The van der Waals surface area contributed by atoms with Gasteiger partial charge in [0.25, 0.3) is 5.69 Å². The summed E-state index contributed by atoms with van der Waals surface area (Å²) in [6.07, 6.45) is 1.70. The first-order valence-electron chi connectivity index (χ1n) is 6.12. The maximum absolute atomic E-state index is 10.9. The Kier molecular flexibility index (Phi) is 3.91. The van der Waals surface area contributed by atoms with E-state index in [1.165, 1.54) is 0 Å². The van der Waals surface area contributed by atoms with Crippen molar-refractivity contribution in [2.45, 2.75) is 20.4 Å². The molecule has 2 rings (SSSR count). The third-order valence-electron chi connectivity index (χ3n) is 2.89. The average molecular weight is 260 g/mol. The summed E-state index contributed by atoms with van der Waals surface area (Å²) >= 11 is 0. The van der Waals surface area contributed by atoms with E-state index >= 15 is 0 Å². The van der Waals surface area contributed by atoms with Crippen molar-refractivity contribution in [1.29, 1.82) is 0 Å². The Morgan fingerprint density at radius 2 is 2.26 bits per heavy atom. The van der Waals surface area contributed by atoms with Gasteiger partial charge in [-0.3, -0.25) is 10.1 Å². The number of imidazole rings is 1. The summed E-state index contributed by atoms with van der Waals surface area (Å²) in [5, 5.41) is 14.1. The molecule has 2 aromatic rings. The molecule has 1 aromatic heterocycles. The molecule has 1 heterocycles. The molecule has 0 saturated heterocycles. The molecule has 2 N–H and O–H groups in total. The van der Waals surface area contributed by atoms with Gasteiger partial charge in [-0.1, -0.05) is 19.1 Å². The van der Waals surface area contributed by atoms with Gasteiger partial charge in [-0.05, 0) is 13.5 Å². The molecule has 6 nitrogen and oxygen atoms in total. The van der Waals surface area contributed by atoms with Gasteiger partial charge in [-0.2, -0.15) is 0 Å². The molecule has 0 unspecified atom stereocenters. The minimum absolute atomic E-state index is 0.125. The topological polar surface area (TPSA) is 83.8 Å². The van der Waals surface area contributed by atoms with E-state index in [1.54, 1.807) is 25.3 Å². The zero-order valence-electron chi connectivity index (χ0n) is 10.9. The highest BCUT2D eigenvalue weighted by atomic mass is 16.6. The number of nitrogens with one attached hydrogen (secondary N) is 2. The van der Waals surface area contributed by atoms with Crippen LogP contribution in [0.4, 0.5) is 5.69 Å². The molecule has 0 spiro atoms. The monoisotopic (exact) mass is 260 g/mol. The van der Waals surface area contributed by atoms with Crippen LogP contribution in [0.15, 0.2) is 24.4 Å². The summed E-state index contributed by atoms with van der Waals surface area (Å²) in [7, 11) is 0. The quantitative estimate of drug-likeness (QED) is 0.638. The summed E-state index contributed by atoms with van der Waals surface area (Å²) in [6.45, 7) is 5.27. The van der Waals surface area contributed by atoms with Crippen molar-refractivity contribution >= 4 is 5.69 Å². The number of aromatic amines is 1. The molecule has 0 aliphatic rings. The summed E-state index contributed by atoms with van der Waals surface area (Å²) in [4.78, 5) is 17.9. The fourth-order valence-electron chi connectivity index (χ4n) is 1.82. The molecule has 0 saturated carbocycles. The van der Waals surface area contributed by atoms with Gasteiger partial charge in [0.15, 0.2) is 0 Å². The van der Waals surface area contributed by atoms with Crippen LogP contribution in [-0.2, 0) is 6.54 Å². The lowest BCUT2D eigenvalue weighted by atomic mass is 10.1. The molecule has 6 heteroatoms. The number of benzene rings is 1. The van der Waals surface area contributed by atoms with Crippen molar-refractivity contribution in [3.05, 3.63) is 45.9 Å². The molecule has 0 radical (unpaired) electrons. The Morgan fingerprint density at radius 3 is 2.95 bits per heavy atom. The van der Waals surface area contributed by atoms with Crippen LogP contribution in [0.5, 0.6) is 0 Å². The van der Waals surface area contributed by atoms with E-state index in [0.29, 0.717) is 12.1 Å². The number of hydrogen-bond donors (Lipinski definition) is 2. The van der Waals surface area contributed by atoms with Crippen LogP contribution >= 0.6 is 0 Å². The molecular weight excluding hydrogens is 244 g/mol. The van der Waals surface area contributed by atoms with Crippen LogP contribution in [0.2, 0.25) is 0 Å². The highest BCUT2D eigenvalue weighted by Gasteiger charge is 2.12. The molecule has 0 aliphatic heterocycles. The largest absolute Gasteiger partial charge is 0.341 e. The highest BCUT2D eigenvalue weighted by molar-refractivity contribution is 5.63. The second-order valence-electron chi connectivity index (χ2n) is 4.28. The minimum Gasteiger partial charge on any atom is -0.341 e. The zero-order chi connectivity index (χ0) is 13.8. The SMILES string of the molecule is CCNCc1ncc(-c2ccc(C)c([N+](=O)[O-])c2)[nH]1. The number of nitro groups is 1. The van der Waals surface area contributed by atoms with Crippen molar-refractivity contribution < 1.29 is 4.92 Å². The van der Waals surface area contributed by atoms with E-state index in [2.05, 4.69) is 15.3 Å². The lowest BCUT2D eigenvalue weighted by Gasteiger charge is -2.01. The molecule has 0 amide bonds. The van der Waals surface area contributed by atoms with Crippen molar-refractivity contribution in [2.75, 3.05) is 6.54 Å². The van der Waals surface area contributed by atoms with Crippen LogP contribution in [0.1, 0.15) is 18.3 Å². The van der Waals surface area contributed by atoms with Crippen LogP contribution < -0.4 is 5.32 Å². The number of H-pyrrole nitrogens is 1. The predicted molar refractivity (Wildman–Crippen MR) is 72.8 cm³/mol. The Morgan fingerprint density at radius 1 is 1.47 bits per heavy atom. The number of aromatic nitrogens is 2.